The van der Waals surface area contributed by atoms with Gasteiger partial charge in [-0.05, 0) is 46.7 Å². The molecule has 0 saturated carbocycles. The smallest absolute Gasteiger partial charge is 0.258 e. The minimum atomic E-state index is -0.149. The number of fused-ring (bicyclic) bond motifs is 1. The lowest BCUT2D eigenvalue weighted by Gasteiger charge is -2.07. The number of rotatable bonds is 5. The molecule has 4 nitrogen and oxygen atoms in total. The van der Waals surface area contributed by atoms with E-state index >= 15 is 0 Å². The van der Waals surface area contributed by atoms with Crippen LogP contribution in [0, 0.1) is 0 Å². The third-order valence-electron chi connectivity index (χ3n) is 3.01. The van der Waals surface area contributed by atoms with Gasteiger partial charge in [-0.3, -0.25) is 9.78 Å². The van der Waals surface area contributed by atoms with E-state index in [0.29, 0.717) is 12.3 Å². The van der Waals surface area contributed by atoms with Crippen LogP contribution in [0.4, 0.5) is 0 Å². The second-order valence-corrected chi connectivity index (χ2v) is 5.49. The van der Waals surface area contributed by atoms with E-state index in [1.54, 1.807) is 35.9 Å². The van der Waals surface area contributed by atoms with Crippen LogP contribution < -0.4 is 10.1 Å². The van der Waals surface area contributed by atoms with Crippen molar-refractivity contribution < 1.29 is 9.53 Å². The predicted molar refractivity (Wildman–Crippen MR) is 83.4 cm³/mol. The Morgan fingerprint density at radius 1 is 1.29 bits per heavy atom. The average Bonchev–Trinajstić information content (AvgIpc) is 2.99. The lowest BCUT2D eigenvalue weighted by atomic mass is 10.2. The van der Waals surface area contributed by atoms with Crippen LogP contribution in [0.15, 0.2) is 54.2 Å². The molecule has 2 heterocycles. The van der Waals surface area contributed by atoms with Crippen LogP contribution in [-0.2, 0) is 11.3 Å². The molecule has 1 aromatic carbocycles. The third kappa shape index (κ3) is 3.58. The van der Waals surface area contributed by atoms with Gasteiger partial charge in [-0.1, -0.05) is 6.07 Å². The Balaban J connectivity index is 1.51. The van der Waals surface area contributed by atoms with Crippen LogP contribution in [0.2, 0.25) is 0 Å². The summed E-state index contributed by atoms with van der Waals surface area (Å²) in [6.07, 6.45) is 3.24. The number of carbonyl (C=O) groups excluding carboxylic acids is 1. The summed E-state index contributed by atoms with van der Waals surface area (Å²) in [5, 5.41) is 6.12. The first kappa shape index (κ1) is 13.6. The van der Waals surface area contributed by atoms with Crippen molar-refractivity contribution in [2.75, 3.05) is 6.61 Å². The lowest BCUT2D eigenvalue weighted by molar-refractivity contribution is -0.123. The molecule has 0 radical (unpaired) electrons. The molecule has 5 heteroatoms. The van der Waals surface area contributed by atoms with Crippen molar-refractivity contribution in [3.05, 3.63) is 59.7 Å². The molecule has 0 bridgehead atoms. The first-order valence-corrected chi connectivity index (χ1v) is 7.45. The molecule has 3 aromatic rings. The number of hydrogen-bond donors (Lipinski definition) is 1. The zero-order valence-electron chi connectivity index (χ0n) is 11.3. The van der Waals surface area contributed by atoms with Gasteiger partial charge < -0.3 is 10.1 Å². The van der Waals surface area contributed by atoms with Crippen molar-refractivity contribution in [1.82, 2.24) is 10.3 Å². The van der Waals surface area contributed by atoms with E-state index in [1.807, 2.05) is 6.07 Å². The molecule has 0 aliphatic rings. The fourth-order valence-corrected chi connectivity index (χ4v) is 2.73. The van der Waals surface area contributed by atoms with Gasteiger partial charge >= 0.3 is 0 Å². The van der Waals surface area contributed by atoms with Crippen LogP contribution in [0.25, 0.3) is 10.1 Å². The van der Waals surface area contributed by atoms with Crippen LogP contribution >= 0.6 is 11.3 Å². The average molecular weight is 298 g/mol. The van der Waals surface area contributed by atoms with Gasteiger partial charge in [0.1, 0.15) is 5.75 Å². The summed E-state index contributed by atoms with van der Waals surface area (Å²) >= 11 is 1.71. The Hall–Kier alpha value is -2.40. The van der Waals surface area contributed by atoms with E-state index in [9.17, 15) is 4.79 Å². The van der Waals surface area contributed by atoms with E-state index in [-0.39, 0.29) is 12.5 Å². The summed E-state index contributed by atoms with van der Waals surface area (Å²) < 4.78 is 6.60. The second kappa shape index (κ2) is 6.37. The maximum absolute atomic E-state index is 11.7. The summed E-state index contributed by atoms with van der Waals surface area (Å²) in [7, 11) is 0. The van der Waals surface area contributed by atoms with Crippen molar-refractivity contribution in [2.24, 2.45) is 0 Å². The van der Waals surface area contributed by atoms with Crippen molar-refractivity contribution in [3.8, 4) is 5.75 Å². The van der Waals surface area contributed by atoms with E-state index in [4.69, 9.17) is 4.74 Å². The monoisotopic (exact) mass is 298 g/mol. The molecular formula is C16H14N2O2S. The maximum Gasteiger partial charge on any atom is 0.258 e. The molecule has 0 unspecified atom stereocenters. The Kier molecular flexibility index (Phi) is 4.12. The first-order valence-electron chi connectivity index (χ1n) is 6.57. The van der Waals surface area contributed by atoms with Gasteiger partial charge in [0.15, 0.2) is 6.61 Å². The number of carbonyl (C=O) groups is 1. The molecule has 0 spiro atoms. The number of nitrogens with one attached hydrogen (secondary N) is 1. The van der Waals surface area contributed by atoms with Gasteiger partial charge in [0.2, 0.25) is 0 Å². The molecule has 106 valence electrons. The number of ether oxygens (including phenoxy) is 1. The van der Waals surface area contributed by atoms with Crippen LogP contribution in [0.3, 0.4) is 0 Å². The molecule has 0 aliphatic heterocycles. The van der Waals surface area contributed by atoms with Gasteiger partial charge in [0, 0.05) is 17.4 Å². The molecule has 0 saturated heterocycles. The molecule has 0 atom stereocenters. The molecule has 1 N–H and O–H groups in total. The molecule has 3 rings (SSSR count). The Morgan fingerprint density at radius 3 is 3.10 bits per heavy atom. The second-order valence-electron chi connectivity index (χ2n) is 4.55. The minimum Gasteiger partial charge on any atom is -0.482 e. The number of nitrogens with zero attached hydrogens (tertiary/aromatic N) is 1. The van der Waals surface area contributed by atoms with E-state index in [0.717, 1.165) is 5.56 Å². The number of aromatic nitrogens is 1. The molecule has 2 aromatic heterocycles. The molecule has 0 fully saturated rings. The Labute approximate surface area is 126 Å². The number of hydrogen-bond acceptors (Lipinski definition) is 4. The fraction of sp³-hybridized carbons (Fsp3) is 0.125. The highest BCUT2D eigenvalue weighted by Gasteiger charge is 2.04. The highest BCUT2D eigenvalue weighted by atomic mass is 32.1. The van der Waals surface area contributed by atoms with Gasteiger partial charge in [0.05, 0.1) is 6.20 Å². The summed E-state index contributed by atoms with van der Waals surface area (Å²) in [6.45, 7) is 0.493. The normalized spacial score (nSPS) is 10.5. The highest BCUT2D eigenvalue weighted by molar-refractivity contribution is 7.17. The Bertz CT molecular complexity index is 740. The summed E-state index contributed by atoms with van der Waals surface area (Å²) in [6, 6.07) is 11.8. The molecule has 21 heavy (non-hydrogen) atoms. The molecular weight excluding hydrogens is 284 g/mol. The standard InChI is InChI=1S/C16H14N2O2S/c19-16(11-20-14-2-1-6-17-10-14)18-9-12-3-4-15-13(8-12)5-7-21-15/h1-8,10H,9,11H2,(H,18,19). The zero-order chi connectivity index (χ0) is 14.5. The number of benzene rings is 1. The van der Waals surface area contributed by atoms with E-state index in [2.05, 4.69) is 33.9 Å². The number of thiophene rings is 1. The lowest BCUT2D eigenvalue weighted by Crippen LogP contribution is -2.28. The zero-order valence-corrected chi connectivity index (χ0v) is 12.1. The van der Waals surface area contributed by atoms with E-state index < -0.39 is 0 Å². The molecule has 1 amide bonds. The summed E-state index contributed by atoms with van der Waals surface area (Å²) in [4.78, 5) is 15.7. The number of amides is 1. The quantitative estimate of drug-likeness (QED) is 0.788. The summed E-state index contributed by atoms with van der Waals surface area (Å²) in [5.74, 6) is 0.441. The Morgan fingerprint density at radius 2 is 2.24 bits per heavy atom. The van der Waals surface area contributed by atoms with Gasteiger partial charge in [-0.2, -0.15) is 0 Å². The fourth-order valence-electron chi connectivity index (χ4n) is 1.96. The van der Waals surface area contributed by atoms with Crippen molar-refractivity contribution in [1.29, 1.82) is 0 Å². The third-order valence-corrected chi connectivity index (χ3v) is 3.91. The van der Waals surface area contributed by atoms with Crippen molar-refractivity contribution >= 4 is 27.3 Å². The largest absolute Gasteiger partial charge is 0.482 e. The van der Waals surface area contributed by atoms with Crippen molar-refractivity contribution in [3.63, 3.8) is 0 Å². The topological polar surface area (TPSA) is 51.2 Å². The van der Waals surface area contributed by atoms with Gasteiger partial charge in [-0.25, -0.2) is 0 Å². The summed E-state index contributed by atoms with van der Waals surface area (Å²) in [5.41, 5.74) is 1.08. The van der Waals surface area contributed by atoms with Gasteiger partial charge in [0.25, 0.3) is 5.91 Å². The van der Waals surface area contributed by atoms with Crippen LogP contribution in [-0.4, -0.2) is 17.5 Å². The van der Waals surface area contributed by atoms with E-state index in [1.165, 1.54) is 10.1 Å². The van der Waals surface area contributed by atoms with Crippen molar-refractivity contribution in [2.45, 2.75) is 6.54 Å². The maximum atomic E-state index is 11.7. The first-order chi connectivity index (χ1) is 10.3. The van der Waals surface area contributed by atoms with Crippen LogP contribution in [0.1, 0.15) is 5.56 Å². The minimum absolute atomic E-state index is 0.00755. The van der Waals surface area contributed by atoms with Crippen LogP contribution in [0.5, 0.6) is 5.75 Å². The predicted octanol–water partition coefficient (Wildman–Crippen LogP) is 2.99. The van der Waals surface area contributed by atoms with Gasteiger partial charge in [-0.15, -0.1) is 11.3 Å². The SMILES string of the molecule is O=C(COc1cccnc1)NCc1ccc2sccc2c1. The number of pyridine rings is 1. The molecule has 0 aliphatic carbocycles. The highest BCUT2D eigenvalue weighted by Crippen LogP contribution is 2.21.